The number of methoxy groups -OCH3 is 1. The van der Waals surface area contributed by atoms with Gasteiger partial charge in [-0.15, -0.1) is 11.3 Å². The fourth-order valence-corrected chi connectivity index (χ4v) is 3.28. The summed E-state index contributed by atoms with van der Waals surface area (Å²) in [6, 6.07) is 14.2. The molecule has 0 aliphatic rings. The average Bonchev–Trinajstić information content (AvgIpc) is 3.45. The Hall–Kier alpha value is -3.32. The van der Waals surface area contributed by atoms with Gasteiger partial charge in [0, 0.05) is 23.4 Å². The van der Waals surface area contributed by atoms with Crippen LogP contribution in [0.25, 0.3) is 6.08 Å². The van der Waals surface area contributed by atoms with Crippen molar-refractivity contribution in [1.82, 2.24) is 10.6 Å². The lowest BCUT2D eigenvalue weighted by atomic mass is 10.2. The lowest BCUT2D eigenvalue weighted by Gasteiger charge is -2.11. The first-order chi connectivity index (χ1) is 14.2. The summed E-state index contributed by atoms with van der Waals surface area (Å²) in [6.07, 6.45) is 4.77. The van der Waals surface area contributed by atoms with E-state index in [1.807, 2.05) is 29.6 Å². The highest BCUT2D eigenvalue weighted by atomic mass is 32.1. The van der Waals surface area contributed by atoms with E-state index in [-0.39, 0.29) is 17.5 Å². The first kappa shape index (κ1) is 20.4. The Labute approximate surface area is 173 Å². The van der Waals surface area contributed by atoms with E-state index in [1.165, 1.54) is 11.3 Å². The molecule has 3 rings (SSSR count). The normalized spacial score (nSPS) is 11.1. The van der Waals surface area contributed by atoms with Crippen molar-refractivity contribution in [2.75, 3.05) is 13.7 Å². The molecule has 0 fully saturated rings. The molecule has 2 heterocycles. The fraction of sp³-hybridized carbons (Fsp3) is 0.182. The van der Waals surface area contributed by atoms with E-state index in [9.17, 15) is 9.59 Å². The number of hydrogen-bond donors (Lipinski definition) is 2. The lowest BCUT2D eigenvalue weighted by Crippen LogP contribution is -2.35. The van der Waals surface area contributed by atoms with Gasteiger partial charge < -0.3 is 19.8 Å². The van der Waals surface area contributed by atoms with Gasteiger partial charge in [-0.2, -0.15) is 0 Å². The minimum atomic E-state index is -0.360. The van der Waals surface area contributed by atoms with Crippen LogP contribution in [0.15, 0.2) is 70.3 Å². The summed E-state index contributed by atoms with van der Waals surface area (Å²) >= 11 is 1.49. The smallest absolute Gasteiger partial charge is 0.267 e. The summed E-state index contributed by atoms with van der Waals surface area (Å²) in [7, 11) is 1.56. The van der Waals surface area contributed by atoms with Crippen LogP contribution >= 0.6 is 11.3 Å². The number of nitrogens with one attached hydrogen (secondary N) is 2. The minimum Gasteiger partial charge on any atom is -0.497 e. The van der Waals surface area contributed by atoms with Crippen LogP contribution in [0.4, 0.5) is 0 Å². The second-order valence-corrected chi connectivity index (χ2v) is 7.17. The van der Waals surface area contributed by atoms with Gasteiger partial charge >= 0.3 is 0 Å². The van der Waals surface area contributed by atoms with Crippen molar-refractivity contribution in [3.63, 3.8) is 0 Å². The van der Waals surface area contributed by atoms with Crippen LogP contribution in [0, 0.1) is 0 Å². The van der Waals surface area contributed by atoms with E-state index < -0.39 is 0 Å². The SMILES string of the molecule is COc1ccc(C(=O)N/C(=C\c2cccs2)C(=O)NCCCc2ccco2)cc1. The Kier molecular flexibility index (Phi) is 7.24. The molecule has 2 N–H and O–H groups in total. The molecule has 0 unspecified atom stereocenters. The molecule has 1 aromatic carbocycles. The molecule has 3 aromatic rings. The molecule has 0 bridgehead atoms. The number of carbonyl (C=O) groups is 2. The first-order valence-corrected chi connectivity index (χ1v) is 10.0. The zero-order valence-corrected chi connectivity index (χ0v) is 16.8. The minimum absolute atomic E-state index is 0.200. The zero-order chi connectivity index (χ0) is 20.5. The molecule has 2 amide bonds. The first-order valence-electron chi connectivity index (χ1n) is 9.17. The van der Waals surface area contributed by atoms with Crippen molar-refractivity contribution >= 4 is 29.2 Å². The molecule has 0 aliphatic carbocycles. The Morgan fingerprint density at radius 3 is 2.62 bits per heavy atom. The molecular weight excluding hydrogens is 388 g/mol. The Morgan fingerprint density at radius 1 is 1.14 bits per heavy atom. The standard InChI is InChI=1S/C22H22N2O4S/c1-27-17-10-8-16(9-11-17)21(25)24-20(15-19-7-4-14-29-19)22(26)23-12-2-5-18-6-3-13-28-18/h3-4,6-11,13-15H,2,5,12H2,1H3,(H,23,26)(H,24,25)/b20-15-. The van der Waals surface area contributed by atoms with Gasteiger partial charge in [-0.25, -0.2) is 0 Å². The monoisotopic (exact) mass is 410 g/mol. The average molecular weight is 410 g/mol. The van der Waals surface area contributed by atoms with Gasteiger partial charge in [0.25, 0.3) is 11.8 Å². The summed E-state index contributed by atoms with van der Waals surface area (Å²) in [4.78, 5) is 26.1. The summed E-state index contributed by atoms with van der Waals surface area (Å²) < 4.78 is 10.4. The van der Waals surface area contributed by atoms with E-state index in [4.69, 9.17) is 9.15 Å². The largest absolute Gasteiger partial charge is 0.497 e. The van der Waals surface area contributed by atoms with E-state index >= 15 is 0 Å². The van der Waals surface area contributed by atoms with E-state index in [1.54, 1.807) is 43.7 Å². The van der Waals surface area contributed by atoms with Crippen LogP contribution in [0.3, 0.4) is 0 Å². The summed E-state index contributed by atoms with van der Waals surface area (Å²) in [5, 5.41) is 7.49. The second kappa shape index (κ2) is 10.3. The quantitative estimate of drug-likeness (QED) is 0.415. The maximum absolute atomic E-state index is 12.7. The maximum atomic E-state index is 12.7. The summed E-state index contributed by atoms with van der Waals surface area (Å²) in [5.41, 5.74) is 0.639. The van der Waals surface area contributed by atoms with Crippen molar-refractivity contribution in [2.24, 2.45) is 0 Å². The van der Waals surface area contributed by atoms with Crippen LogP contribution in [0.1, 0.15) is 27.4 Å². The number of benzene rings is 1. The van der Waals surface area contributed by atoms with Crippen LogP contribution in [0.5, 0.6) is 5.75 Å². The van der Waals surface area contributed by atoms with Crippen LogP contribution < -0.4 is 15.4 Å². The Morgan fingerprint density at radius 2 is 1.97 bits per heavy atom. The van der Waals surface area contributed by atoms with Gasteiger partial charge in [-0.1, -0.05) is 6.07 Å². The van der Waals surface area contributed by atoms with Gasteiger partial charge in [0.1, 0.15) is 17.2 Å². The zero-order valence-electron chi connectivity index (χ0n) is 16.0. The molecule has 0 saturated carbocycles. The highest BCUT2D eigenvalue weighted by molar-refractivity contribution is 7.10. The van der Waals surface area contributed by atoms with Gasteiger partial charge in [0.05, 0.1) is 13.4 Å². The number of ether oxygens (including phenoxy) is 1. The summed E-state index contributed by atoms with van der Waals surface area (Å²) in [6.45, 7) is 0.472. The van der Waals surface area contributed by atoms with E-state index in [0.29, 0.717) is 17.9 Å². The predicted octanol–water partition coefficient (Wildman–Crippen LogP) is 3.87. The van der Waals surface area contributed by atoms with Crippen molar-refractivity contribution < 1.29 is 18.7 Å². The molecule has 0 atom stereocenters. The van der Waals surface area contributed by atoms with Gasteiger partial charge in [-0.05, 0) is 60.3 Å². The second-order valence-electron chi connectivity index (χ2n) is 6.19. The molecule has 0 aliphatic heterocycles. The van der Waals surface area contributed by atoms with Crippen LogP contribution in [-0.2, 0) is 11.2 Å². The third-order valence-electron chi connectivity index (χ3n) is 4.14. The molecule has 0 radical (unpaired) electrons. The van der Waals surface area contributed by atoms with Crippen molar-refractivity contribution in [3.8, 4) is 5.75 Å². The number of amides is 2. The third kappa shape index (κ3) is 6.08. The number of aryl methyl sites for hydroxylation is 1. The Bertz CT molecular complexity index is 945. The van der Waals surface area contributed by atoms with Crippen LogP contribution in [-0.4, -0.2) is 25.5 Å². The lowest BCUT2D eigenvalue weighted by molar-refractivity contribution is -0.117. The number of rotatable bonds is 9. The molecule has 2 aromatic heterocycles. The number of furan rings is 1. The Balaban J connectivity index is 1.63. The fourth-order valence-electron chi connectivity index (χ4n) is 2.63. The van der Waals surface area contributed by atoms with E-state index in [2.05, 4.69) is 10.6 Å². The highest BCUT2D eigenvalue weighted by Gasteiger charge is 2.15. The number of carbonyl (C=O) groups excluding carboxylic acids is 2. The van der Waals surface area contributed by atoms with Crippen molar-refractivity contribution in [2.45, 2.75) is 12.8 Å². The van der Waals surface area contributed by atoms with Gasteiger partial charge in [-0.3, -0.25) is 9.59 Å². The summed E-state index contributed by atoms with van der Waals surface area (Å²) in [5.74, 6) is 0.840. The topological polar surface area (TPSA) is 80.6 Å². The molecule has 7 heteroatoms. The predicted molar refractivity (Wildman–Crippen MR) is 113 cm³/mol. The van der Waals surface area contributed by atoms with Crippen molar-refractivity contribution in [3.05, 3.63) is 82.1 Å². The van der Waals surface area contributed by atoms with Crippen molar-refractivity contribution in [1.29, 1.82) is 0 Å². The van der Waals surface area contributed by atoms with Crippen LogP contribution in [0.2, 0.25) is 0 Å². The van der Waals surface area contributed by atoms with E-state index in [0.717, 1.165) is 23.5 Å². The molecule has 0 spiro atoms. The maximum Gasteiger partial charge on any atom is 0.267 e. The molecule has 0 saturated heterocycles. The molecular formula is C22H22N2O4S. The highest BCUT2D eigenvalue weighted by Crippen LogP contribution is 2.14. The molecule has 29 heavy (non-hydrogen) atoms. The third-order valence-corrected chi connectivity index (χ3v) is 4.96. The van der Waals surface area contributed by atoms with Gasteiger partial charge in [0.15, 0.2) is 0 Å². The number of thiophene rings is 1. The molecule has 150 valence electrons. The molecule has 6 nitrogen and oxygen atoms in total. The van der Waals surface area contributed by atoms with Gasteiger partial charge in [0.2, 0.25) is 0 Å². The number of hydrogen-bond acceptors (Lipinski definition) is 5.